The molecule has 2 heterocycles. The summed E-state index contributed by atoms with van der Waals surface area (Å²) in [6.45, 7) is 0. The van der Waals surface area contributed by atoms with E-state index in [1.165, 1.54) is 149 Å². The van der Waals surface area contributed by atoms with E-state index in [0.29, 0.717) is 34.8 Å². The normalized spacial score (nSPS) is 27.0. The number of aliphatic hydroxyl groups is 1. The van der Waals surface area contributed by atoms with Gasteiger partial charge in [0.1, 0.15) is 5.76 Å². The number of aliphatic hydroxyl groups excluding tert-OH is 1. The number of hydrogen-bond acceptors (Lipinski definition) is 3. The molecule has 4 heteroatoms. The molecule has 1 aromatic heterocycles. The van der Waals surface area contributed by atoms with E-state index < -0.39 is 0 Å². The summed E-state index contributed by atoms with van der Waals surface area (Å²) in [5.74, 6) is 2.77. The molecular weight excluding hydrogens is 577 g/mol. The zero-order valence-electron chi connectivity index (χ0n) is 26.6. The largest absolute Gasteiger partial charge is 0.506 e. The first-order valence-electron chi connectivity index (χ1n) is 18.1. The average Bonchev–Trinajstić information content (AvgIpc) is 3.10. The second-order valence-electron chi connectivity index (χ2n) is 14.5. The standard InChI is InChI=1S/C40H50O2S2/c41-39-35(25-33-21-31(27-13-5-1-6-14-27)23-37(43-33)29-17-9-3-10-18-29)40(42)36(39)26-34-22-32(28-15-7-2-8-16-28)24-38(44-34)30-19-11-4-12-20-30/h21-30H,1-20H2/p+1. The average molecular weight is 628 g/mol. The number of hydrogen-bond donors (Lipinski definition) is 1. The molecule has 7 rings (SSSR count). The van der Waals surface area contributed by atoms with Crippen molar-refractivity contribution in [1.82, 2.24) is 0 Å². The van der Waals surface area contributed by atoms with Crippen molar-refractivity contribution in [2.45, 2.75) is 140 Å². The molecule has 6 aliphatic rings. The summed E-state index contributed by atoms with van der Waals surface area (Å²) in [7, 11) is 0. The van der Waals surface area contributed by atoms with Crippen molar-refractivity contribution < 1.29 is 9.90 Å². The number of rotatable bonds is 6. The fourth-order valence-corrected chi connectivity index (χ4v) is 11.3. The first kappa shape index (κ1) is 30.7. The van der Waals surface area contributed by atoms with Crippen molar-refractivity contribution in [2.24, 2.45) is 11.8 Å². The van der Waals surface area contributed by atoms with Gasteiger partial charge in [0.2, 0.25) is 26.9 Å². The van der Waals surface area contributed by atoms with Crippen LogP contribution in [0.5, 0.6) is 0 Å². The van der Waals surface area contributed by atoms with Crippen LogP contribution in [0.15, 0.2) is 62.6 Å². The number of ketones is 1. The second-order valence-corrected chi connectivity index (χ2v) is 16.8. The van der Waals surface area contributed by atoms with Crippen molar-refractivity contribution in [3.05, 3.63) is 78.0 Å². The molecule has 0 radical (unpaired) electrons. The molecule has 0 atom stereocenters. The molecule has 4 fully saturated rings. The lowest BCUT2D eigenvalue weighted by atomic mass is 9.81. The van der Waals surface area contributed by atoms with Gasteiger partial charge in [-0.25, -0.2) is 0 Å². The lowest BCUT2D eigenvalue weighted by Crippen LogP contribution is -2.21. The predicted octanol–water partition coefficient (Wildman–Crippen LogP) is 12.5. The molecule has 4 saturated carbocycles. The maximum atomic E-state index is 13.6. The van der Waals surface area contributed by atoms with Crippen LogP contribution in [0.4, 0.5) is 0 Å². The Kier molecular flexibility index (Phi) is 9.95. The number of carbonyl (C=O) groups excluding carboxylic acids is 1. The van der Waals surface area contributed by atoms with Crippen molar-refractivity contribution in [3.63, 3.8) is 0 Å². The highest BCUT2D eigenvalue weighted by Gasteiger charge is 2.35. The van der Waals surface area contributed by atoms with E-state index in [4.69, 9.17) is 0 Å². The fourth-order valence-electron chi connectivity index (χ4n) is 8.79. The van der Waals surface area contributed by atoms with E-state index in [9.17, 15) is 9.90 Å². The smallest absolute Gasteiger partial charge is 0.232 e. The minimum Gasteiger partial charge on any atom is -0.506 e. The summed E-state index contributed by atoms with van der Waals surface area (Å²) in [5.41, 5.74) is 3.94. The monoisotopic (exact) mass is 627 g/mol. The zero-order valence-corrected chi connectivity index (χ0v) is 28.2. The van der Waals surface area contributed by atoms with Gasteiger partial charge in [0.15, 0.2) is 0 Å². The Morgan fingerprint density at radius 2 is 1.23 bits per heavy atom. The molecule has 0 spiro atoms. The van der Waals surface area contributed by atoms with Crippen LogP contribution < -0.4 is 0 Å². The van der Waals surface area contributed by atoms with Crippen LogP contribution in [-0.4, -0.2) is 10.9 Å². The maximum Gasteiger partial charge on any atom is 0.232 e. The summed E-state index contributed by atoms with van der Waals surface area (Å²) in [4.78, 5) is 18.9. The van der Waals surface area contributed by atoms with Gasteiger partial charge in [0, 0.05) is 29.0 Å². The van der Waals surface area contributed by atoms with E-state index in [2.05, 4.69) is 24.3 Å². The lowest BCUT2D eigenvalue weighted by molar-refractivity contribution is -0.113. The van der Waals surface area contributed by atoms with Crippen LogP contribution >= 0.6 is 23.1 Å². The molecule has 0 saturated heterocycles. The molecule has 5 aliphatic carbocycles. The lowest BCUT2D eigenvalue weighted by Gasteiger charge is -2.30. The third-order valence-corrected chi connectivity index (χ3v) is 13.8. The summed E-state index contributed by atoms with van der Waals surface area (Å²) in [6.07, 6.45) is 35.2. The Morgan fingerprint density at radius 3 is 1.84 bits per heavy atom. The van der Waals surface area contributed by atoms with Gasteiger partial charge < -0.3 is 5.11 Å². The Bertz CT molecular complexity index is 1350. The van der Waals surface area contributed by atoms with E-state index in [1.54, 1.807) is 0 Å². The topological polar surface area (TPSA) is 37.3 Å². The van der Waals surface area contributed by atoms with E-state index in [1.807, 2.05) is 35.3 Å². The van der Waals surface area contributed by atoms with E-state index in [0.717, 1.165) is 9.78 Å². The highest BCUT2D eigenvalue weighted by molar-refractivity contribution is 8.07. The van der Waals surface area contributed by atoms with Crippen LogP contribution in [0, 0.1) is 11.8 Å². The molecule has 0 amide bonds. The minimum atomic E-state index is 0.00599. The van der Waals surface area contributed by atoms with Crippen LogP contribution in [0.1, 0.15) is 156 Å². The van der Waals surface area contributed by atoms with Crippen LogP contribution in [0.3, 0.4) is 0 Å². The van der Waals surface area contributed by atoms with Crippen LogP contribution in [0.25, 0.3) is 6.08 Å². The number of thioether (sulfide) groups is 1. The SMILES string of the molecule is O=C1C(=Cc2cc(C3CCCCC3)cc(C3CCCCC3)[s+]2)C(O)=C1C=C1C=C(C2CCCCC2)C=C(C2CCCCC2)S1. The molecule has 0 bridgehead atoms. The van der Waals surface area contributed by atoms with Crippen LogP contribution in [0.2, 0.25) is 0 Å². The van der Waals surface area contributed by atoms with Crippen molar-refractivity contribution >= 4 is 35.0 Å². The predicted molar refractivity (Wildman–Crippen MR) is 188 cm³/mol. The van der Waals surface area contributed by atoms with Gasteiger partial charge in [0.05, 0.1) is 11.1 Å². The van der Waals surface area contributed by atoms with Crippen LogP contribution in [-0.2, 0) is 4.79 Å². The maximum absolute atomic E-state index is 13.6. The van der Waals surface area contributed by atoms with Gasteiger partial charge in [-0.3, -0.25) is 4.79 Å². The Hall–Kier alpha value is -1.91. The molecule has 44 heavy (non-hydrogen) atoms. The Balaban J connectivity index is 1.17. The zero-order chi connectivity index (χ0) is 29.9. The van der Waals surface area contributed by atoms with Crippen molar-refractivity contribution in [3.8, 4) is 0 Å². The van der Waals surface area contributed by atoms with Gasteiger partial charge >= 0.3 is 0 Å². The van der Waals surface area contributed by atoms with Gasteiger partial charge in [-0.15, -0.1) is 0 Å². The summed E-state index contributed by atoms with van der Waals surface area (Å²) >= 11 is 3.72. The highest BCUT2D eigenvalue weighted by Crippen LogP contribution is 2.47. The molecule has 2 nitrogen and oxygen atoms in total. The highest BCUT2D eigenvalue weighted by atomic mass is 32.2. The Morgan fingerprint density at radius 1 is 0.659 bits per heavy atom. The van der Waals surface area contributed by atoms with Gasteiger partial charge in [-0.2, -0.15) is 0 Å². The fraction of sp³-hybridized carbons (Fsp3) is 0.600. The first-order chi connectivity index (χ1) is 21.6. The third-order valence-electron chi connectivity index (χ3n) is 11.4. The molecule has 0 unspecified atom stereocenters. The third kappa shape index (κ3) is 6.92. The molecular formula is C40H51O2S2+. The summed E-state index contributed by atoms with van der Waals surface area (Å²) in [5, 5.41) is 11.3. The van der Waals surface area contributed by atoms with Gasteiger partial charge in [0.25, 0.3) is 0 Å². The quantitative estimate of drug-likeness (QED) is 0.252. The molecule has 234 valence electrons. The minimum absolute atomic E-state index is 0.00599. The second kappa shape index (κ2) is 14.2. The molecule has 1 N–H and O–H groups in total. The van der Waals surface area contributed by atoms with E-state index in [-0.39, 0.29) is 11.5 Å². The summed E-state index contributed by atoms with van der Waals surface area (Å²) < 4.78 is 0. The molecule has 1 aliphatic heterocycles. The van der Waals surface area contributed by atoms with Crippen molar-refractivity contribution in [2.75, 3.05) is 0 Å². The number of Topliss-reactive ketones (excluding diaryl/α,β-unsaturated/α-hetero) is 1. The number of allylic oxidation sites excluding steroid dienone is 7. The van der Waals surface area contributed by atoms with E-state index >= 15 is 0 Å². The van der Waals surface area contributed by atoms with Gasteiger partial charge in [-0.1, -0.05) is 88.8 Å². The first-order valence-corrected chi connectivity index (χ1v) is 19.8. The molecule has 1 aromatic rings. The molecule has 0 aromatic carbocycles. The van der Waals surface area contributed by atoms with Gasteiger partial charge in [-0.05, 0) is 103 Å². The number of carbonyl (C=O) groups is 1. The van der Waals surface area contributed by atoms with Crippen molar-refractivity contribution in [1.29, 1.82) is 0 Å². The summed E-state index contributed by atoms with van der Waals surface area (Å²) in [6, 6.07) is 4.86. The Labute approximate surface area is 273 Å².